The minimum atomic E-state index is -0.644. The first-order valence-electron chi connectivity index (χ1n) is 10.2. The van der Waals surface area contributed by atoms with Gasteiger partial charge in [-0.25, -0.2) is 4.79 Å². The molecule has 0 unspecified atom stereocenters. The van der Waals surface area contributed by atoms with Crippen LogP contribution in [0.4, 0.5) is 0 Å². The van der Waals surface area contributed by atoms with Crippen molar-refractivity contribution in [2.45, 2.75) is 25.0 Å². The minimum absolute atomic E-state index is 0.214. The van der Waals surface area contributed by atoms with Crippen molar-refractivity contribution in [1.29, 1.82) is 5.26 Å². The Hall–Kier alpha value is -3.41. The predicted molar refractivity (Wildman–Crippen MR) is 115 cm³/mol. The molecule has 2 heterocycles. The first kappa shape index (κ1) is 20.8. The summed E-state index contributed by atoms with van der Waals surface area (Å²) < 4.78 is 6.64. The number of nitrogens with zero attached hydrogens (tertiary/aromatic N) is 2. The highest BCUT2D eigenvalue weighted by Gasteiger charge is 2.27. The van der Waals surface area contributed by atoms with Crippen molar-refractivity contribution in [3.63, 3.8) is 0 Å². The van der Waals surface area contributed by atoms with Crippen molar-refractivity contribution in [2.75, 3.05) is 13.1 Å². The average molecular weight is 420 g/mol. The van der Waals surface area contributed by atoms with Gasteiger partial charge < -0.3 is 20.2 Å². The number of aromatic nitrogens is 1. The van der Waals surface area contributed by atoms with Crippen LogP contribution in [-0.4, -0.2) is 40.8 Å². The van der Waals surface area contributed by atoms with Crippen LogP contribution in [0.2, 0.25) is 0 Å². The van der Waals surface area contributed by atoms with E-state index in [9.17, 15) is 20.0 Å². The lowest BCUT2D eigenvalue weighted by atomic mass is 9.96. The van der Waals surface area contributed by atoms with E-state index < -0.39 is 17.9 Å². The summed E-state index contributed by atoms with van der Waals surface area (Å²) in [4.78, 5) is 24.1. The van der Waals surface area contributed by atoms with E-state index in [0.29, 0.717) is 31.5 Å². The van der Waals surface area contributed by atoms with E-state index in [1.165, 1.54) is 4.57 Å². The monoisotopic (exact) mass is 420 g/mol. The van der Waals surface area contributed by atoms with Gasteiger partial charge in [0.2, 0.25) is 5.91 Å². The van der Waals surface area contributed by atoms with E-state index in [0.717, 1.165) is 22.2 Å². The van der Waals surface area contributed by atoms with Crippen molar-refractivity contribution in [1.82, 2.24) is 15.2 Å². The number of hydrogen-bond donors (Lipinski definition) is 3. The summed E-state index contributed by atoms with van der Waals surface area (Å²) in [5.41, 5.74) is 4.11. The average Bonchev–Trinajstić information content (AvgIpc) is 3.06. The molecule has 0 saturated carbocycles. The number of rotatable bonds is 5. The number of amides is 1. The summed E-state index contributed by atoms with van der Waals surface area (Å²) in [5.74, 6) is -0.949. The number of nitrogens with one attached hydrogen (secondary N) is 2. The predicted octanol–water partition coefficient (Wildman–Crippen LogP) is 1.32. The zero-order valence-corrected chi connectivity index (χ0v) is 17.2. The van der Waals surface area contributed by atoms with Crippen molar-refractivity contribution >= 4 is 17.0 Å². The number of hydrogen-bond acceptors (Lipinski definition) is 6. The third-order valence-electron chi connectivity index (χ3n) is 5.69. The van der Waals surface area contributed by atoms with Gasteiger partial charge in [-0.15, -0.1) is 0 Å². The fraction of sp³-hybridized carbons (Fsp3) is 0.348. The molecule has 8 heteroatoms. The fourth-order valence-electron chi connectivity index (χ4n) is 3.91. The lowest BCUT2D eigenvalue weighted by Crippen LogP contribution is -2.48. The molecular weight excluding hydrogens is 396 g/mol. The Morgan fingerprint density at radius 3 is 2.74 bits per heavy atom. The van der Waals surface area contributed by atoms with Gasteiger partial charge >= 0.3 is 5.76 Å². The third-order valence-corrected chi connectivity index (χ3v) is 5.69. The summed E-state index contributed by atoms with van der Waals surface area (Å²) in [7, 11) is 1.67. The highest BCUT2D eigenvalue weighted by molar-refractivity contribution is 5.81. The fourth-order valence-corrected chi connectivity index (χ4v) is 3.91. The molecule has 1 aliphatic rings. The van der Waals surface area contributed by atoms with E-state index >= 15 is 0 Å². The number of oxazole rings is 1. The van der Waals surface area contributed by atoms with Crippen LogP contribution in [0.5, 0.6) is 0 Å². The minimum Gasteiger partial charge on any atom is -0.408 e. The number of β-amino-alcohol motifs (C(OH)–C–C–N with tert-alkyl or cyclic N) is 1. The molecule has 1 saturated heterocycles. The maximum absolute atomic E-state index is 12.4. The molecule has 1 aromatic heterocycles. The molecule has 2 aromatic carbocycles. The van der Waals surface area contributed by atoms with Crippen LogP contribution in [-0.2, 0) is 18.3 Å². The lowest BCUT2D eigenvalue weighted by molar-refractivity contribution is -0.127. The number of nitriles is 1. The SMILES string of the molecule is Cn1c(=O)oc2ccc(-c3ccc(C[C@@H](C#N)NC(=O)[C@@H]4CNC[C@@H](O)C4)cc3)cc21. The highest BCUT2D eigenvalue weighted by Crippen LogP contribution is 2.24. The second-order valence-electron chi connectivity index (χ2n) is 7.95. The Kier molecular flexibility index (Phi) is 5.89. The Bertz CT molecular complexity index is 1190. The van der Waals surface area contributed by atoms with Gasteiger partial charge in [0.1, 0.15) is 6.04 Å². The molecule has 0 radical (unpaired) electrons. The number of carbonyl (C=O) groups is 1. The zero-order chi connectivity index (χ0) is 22.0. The van der Waals surface area contributed by atoms with Gasteiger partial charge in [-0.3, -0.25) is 9.36 Å². The van der Waals surface area contributed by atoms with E-state index in [1.807, 2.05) is 36.4 Å². The smallest absolute Gasteiger partial charge is 0.408 e. The molecule has 0 spiro atoms. The largest absolute Gasteiger partial charge is 0.419 e. The quantitative estimate of drug-likeness (QED) is 0.573. The van der Waals surface area contributed by atoms with Crippen molar-refractivity contribution in [2.24, 2.45) is 13.0 Å². The molecule has 4 rings (SSSR count). The van der Waals surface area contributed by atoms with Gasteiger partial charge in [0.25, 0.3) is 0 Å². The van der Waals surface area contributed by atoms with Crippen LogP contribution >= 0.6 is 0 Å². The first-order valence-corrected chi connectivity index (χ1v) is 10.2. The number of aliphatic hydroxyl groups excluding tert-OH is 1. The Morgan fingerprint density at radius 2 is 2.03 bits per heavy atom. The molecule has 160 valence electrons. The van der Waals surface area contributed by atoms with Gasteiger partial charge in [0.15, 0.2) is 5.58 Å². The van der Waals surface area contributed by atoms with Gasteiger partial charge in [-0.2, -0.15) is 5.26 Å². The van der Waals surface area contributed by atoms with Gasteiger partial charge in [-0.1, -0.05) is 30.3 Å². The molecule has 3 N–H and O–H groups in total. The van der Waals surface area contributed by atoms with Crippen LogP contribution in [0.3, 0.4) is 0 Å². The van der Waals surface area contributed by atoms with Crippen LogP contribution in [0.25, 0.3) is 22.2 Å². The molecular formula is C23H24N4O4. The zero-order valence-electron chi connectivity index (χ0n) is 17.2. The van der Waals surface area contributed by atoms with Gasteiger partial charge in [0.05, 0.1) is 23.6 Å². The molecule has 31 heavy (non-hydrogen) atoms. The molecule has 0 bridgehead atoms. The molecule has 0 aliphatic carbocycles. The van der Waals surface area contributed by atoms with Crippen LogP contribution in [0, 0.1) is 17.2 Å². The van der Waals surface area contributed by atoms with Crippen LogP contribution in [0.1, 0.15) is 12.0 Å². The molecule has 1 aliphatic heterocycles. The third kappa shape index (κ3) is 4.53. The Labute approximate surface area is 179 Å². The highest BCUT2D eigenvalue weighted by atomic mass is 16.4. The summed E-state index contributed by atoms with van der Waals surface area (Å²) in [5, 5.41) is 25.0. The van der Waals surface area contributed by atoms with Crippen LogP contribution in [0.15, 0.2) is 51.7 Å². The maximum Gasteiger partial charge on any atom is 0.419 e. The molecule has 8 nitrogen and oxygen atoms in total. The van der Waals surface area contributed by atoms with Gasteiger partial charge in [0, 0.05) is 26.6 Å². The maximum atomic E-state index is 12.4. The number of carbonyl (C=O) groups excluding carboxylic acids is 1. The number of aliphatic hydroxyl groups is 1. The van der Waals surface area contributed by atoms with Gasteiger partial charge in [-0.05, 0) is 35.2 Å². The Morgan fingerprint density at radius 1 is 1.29 bits per heavy atom. The summed E-state index contributed by atoms with van der Waals surface area (Å²) in [6, 6.07) is 14.8. The lowest BCUT2D eigenvalue weighted by Gasteiger charge is -2.26. The van der Waals surface area contributed by atoms with E-state index in [4.69, 9.17) is 4.42 Å². The molecule has 3 aromatic rings. The first-order chi connectivity index (χ1) is 14.9. The molecule has 1 fully saturated rings. The second kappa shape index (κ2) is 8.76. The number of fused-ring (bicyclic) bond motifs is 1. The van der Waals surface area contributed by atoms with E-state index in [-0.39, 0.29) is 11.8 Å². The number of aryl methyl sites for hydroxylation is 1. The normalized spacial score (nSPS) is 19.6. The Balaban J connectivity index is 1.44. The molecule has 1 amide bonds. The second-order valence-corrected chi connectivity index (χ2v) is 7.95. The number of piperidine rings is 1. The van der Waals surface area contributed by atoms with Crippen molar-refractivity contribution in [3.05, 3.63) is 58.6 Å². The summed E-state index contributed by atoms with van der Waals surface area (Å²) in [6.45, 7) is 0.990. The van der Waals surface area contributed by atoms with Crippen molar-refractivity contribution < 1.29 is 14.3 Å². The van der Waals surface area contributed by atoms with E-state index in [2.05, 4.69) is 16.7 Å². The topological polar surface area (TPSA) is 120 Å². The van der Waals surface area contributed by atoms with Crippen LogP contribution < -0.4 is 16.4 Å². The standard InChI is InChI=1S/C23H24N4O4/c1-27-20-10-16(6-7-21(20)31-23(27)30)15-4-2-14(3-5-15)8-18(11-24)26-22(29)17-9-19(28)13-25-12-17/h2-7,10,17-19,25,28H,8-9,12-13H2,1H3,(H,26,29)/t17-,18-,19-/m0/s1. The van der Waals surface area contributed by atoms with E-state index in [1.54, 1.807) is 13.1 Å². The summed E-state index contributed by atoms with van der Waals surface area (Å²) in [6.07, 6.45) is 0.250. The molecule has 3 atom stereocenters. The van der Waals surface area contributed by atoms with Crippen molar-refractivity contribution in [3.8, 4) is 17.2 Å². The number of benzene rings is 2. The summed E-state index contributed by atoms with van der Waals surface area (Å²) >= 11 is 0.